The second-order valence-electron chi connectivity index (χ2n) is 5.07. The third-order valence-electron chi connectivity index (χ3n) is 3.23. The van der Waals surface area contributed by atoms with Crippen molar-refractivity contribution in [3.63, 3.8) is 0 Å². The lowest BCUT2D eigenvalue weighted by molar-refractivity contribution is 0.388. The van der Waals surface area contributed by atoms with Crippen molar-refractivity contribution < 1.29 is 0 Å². The summed E-state index contributed by atoms with van der Waals surface area (Å²) in [4.78, 5) is 6.63. The van der Waals surface area contributed by atoms with E-state index < -0.39 is 0 Å². The van der Waals surface area contributed by atoms with Crippen LogP contribution in [0, 0.1) is 6.92 Å². The summed E-state index contributed by atoms with van der Waals surface area (Å²) >= 11 is 0. The topological polar surface area (TPSA) is 47.1 Å². The Kier molecular flexibility index (Phi) is 3.87. The third-order valence-corrected chi connectivity index (χ3v) is 3.23. The summed E-state index contributed by atoms with van der Waals surface area (Å²) in [7, 11) is 4.20. The van der Waals surface area contributed by atoms with E-state index >= 15 is 0 Å². The maximum absolute atomic E-state index is 6.01. The summed E-state index contributed by atoms with van der Waals surface area (Å²) < 4.78 is 2.14. The molecule has 0 spiro atoms. The van der Waals surface area contributed by atoms with Crippen LogP contribution in [0.5, 0.6) is 0 Å². The fraction of sp³-hybridized carbons (Fsp3) is 0.500. The lowest BCUT2D eigenvalue weighted by Crippen LogP contribution is -2.14. The number of rotatable bonds is 5. The van der Waals surface area contributed by atoms with Crippen molar-refractivity contribution in [2.24, 2.45) is 0 Å². The summed E-state index contributed by atoms with van der Waals surface area (Å²) in [6, 6.07) is 6.16. The molecule has 0 aliphatic rings. The Morgan fingerprint density at radius 2 is 2.06 bits per heavy atom. The van der Waals surface area contributed by atoms with Crippen molar-refractivity contribution in [3.8, 4) is 0 Å². The summed E-state index contributed by atoms with van der Waals surface area (Å²) in [5, 5.41) is 0. The number of nitrogens with zero attached hydrogens (tertiary/aromatic N) is 3. The summed E-state index contributed by atoms with van der Waals surface area (Å²) in [5.74, 6) is 0.629. The standard InChI is InChI=1S/C14H22N4/c1-11-7-6-8-12-13(11)18(14(15)16-12)10-5-4-9-17(2)3/h6-8H,4-5,9-10H2,1-3H3,(H2,15,16). The molecule has 1 aromatic carbocycles. The average molecular weight is 246 g/mol. The number of fused-ring (bicyclic) bond motifs is 1. The molecular weight excluding hydrogens is 224 g/mol. The van der Waals surface area contributed by atoms with Gasteiger partial charge in [-0.15, -0.1) is 0 Å². The molecule has 0 amide bonds. The van der Waals surface area contributed by atoms with Crippen LogP contribution in [0.2, 0.25) is 0 Å². The molecule has 0 saturated carbocycles. The smallest absolute Gasteiger partial charge is 0.201 e. The number of hydrogen-bond acceptors (Lipinski definition) is 3. The van der Waals surface area contributed by atoms with Crippen molar-refractivity contribution in [3.05, 3.63) is 23.8 Å². The molecule has 98 valence electrons. The predicted molar refractivity (Wildman–Crippen MR) is 76.7 cm³/mol. The SMILES string of the molecule is Cc1cccc2nc(N)n(CCCCN(C)C)c12. The van der Waals surface area contributed by atoms with E-state index in [0.29, 0.717) is 5.95 Å². The van der Waals surface area contributed by atoms with Crippen LogP contribution in [0.25, 0.3) is 11.0 Å². The number of benzene rings is 1. The number of nitrogens with two attached hydrogens (primary N) is 1. The first kappa shape index (κ1) is 12.9. The zero-order valence-corrected chi connectivity index (χ0v) is 11.5. The molecule has 0 aliphatic heterocycles. The second-order valence-corrected chi connectivity index (χ2v) is 5.07. The van der Waals surface area contributed by atoms with E-state index in [2.05, 4.69) is 41.5 Å². The summed E-state index contributed by atoms with van der Waals surface area (Å²) in [6.07, 6.45) is 2.31. The van der Waals surface area contributed by atoms with Crippen LogP contribution in [-0.2, 0) is 6.54 Å². The van der Waals surface area contributed by atoms with Gasteiger partial charge in [0, 0.05) is 6.54 Å². The van der Waals surface area contributed by atoms with Gasteiger partial charge in [0.15, 0.2) is 0 Å². The first-order valence-corrected chi connectivity index (χ1v) is 6.45. The van der Waals surface area contributed by atoms with Gasteiger partial charge in [0.25, 0.3) is 0 Å². The van der Waals surface area contributed by atoms with E-state index in [1.54, 1.807) is 0 Å². The minimum Gasteiger partial charge on any atom is -0.369 e. The van der Waals surface area contributed by atoms with Crippen LogP contribution in [0.15, 0.2) is 18.2 Å². The molecule has 0 saturated heterocycles. The summed E-state index contributed by atoms with van der Waals surface area (Å²) in [5.41, 5.74) is 9.43. The number of anilines is 1. The molecule has 2 aromatic rings. The Bertz CT molecular complexity index is 528. The molecule has 18 heavy (non-hydrogen) atoms. The highest BCUT2D eigenvalue weighted by Crippen LogP contribution is 2.21. The van der Waals surface area contributed by atoms with Crippen molar-refractivity contribution in [1.29, 1.82) is 0 Å². The molecule has 0 bridgehead atoms. The number of para-hydroxylation sites is 1. The number of hydrogen-bond donors (Lipinski definition) is 1. The van der Waals surface area contributed by atoms with Crippen LogP contribution in [0.4, 0.5) is 5.95 Å². The van der Waals surface area contributed by atoms with Crippen LogP contribution in [0.3, 0.4) is 0 Å². The van der Waals surface area contributed by atoms with Crippen LogP contribution >= 0.6 is 0 Å². The maximum Gasteiger partial charge on any atom is 0.201 e. The van der Waals surface area contributed by atoms with Crippen molar-refractivity contribution in [2.75, 3.05) is 26.4 Å². The number of unbranched alkanes of at least 4 members (excludes halogenated alkanes) is 1. The van der Waals surface area contributed by atoms with E-state index in [1.807, 2.05) is 12.1 Å². The molecule has 1 heterocycles. The normalized spacial score (nSPS) is 11.6. The number of aromatic nitrogens is 2. The van der Waals surface area contributed by atoms with Gasteiger partial charge in [0.05, 0.1) is 11.0 Å². The van der Waals surface area contributed by atoms with Gasteiger partial charge in [-0.05, 0) is 52.0 Å². The molecule has 2 N–H and O–H groups in total. The number of nitrogen functional groups attached to an aromatic ring is 1. The molecule has 0 atom stereocenters. The Balaban J connectivity index is 2.15. The minimum atomic E-state index is 0.629. The predicted octanol–water partition coefficient (Wildman–Crippen LogP) is 2.27. The third kappa shape index (κ3) is 2.64. The monoisotopic (exact) mass is 246 g/mol. The van der Waals surface area contributed by atoms with E-state index in [1.165, 1.54) is 17.5 Å². The number of imidazole rings is 1. The average Bonchev–Trinajstić information content (AvgIpc) is 2.62. The molecule has 4 heteroatoms. The molecule has 1 aromatic heterocycles. The van der Waals surface area contributed by atoms with Crippen molar-refractivity contribution in [2.45, 2.75) is 26.3 Å². The fourth-order valence-corrected chi connectivity index (χ4v) is 2.31. The molecule has 0 aliphatic carbocycles. The Morgan fingerprint density at radius 1 is 1.28 bits per heavy atom. The van der Waals surface area contributed by atoms with Gasteiger partial charge < -0.3 is 15.2 Å². The molecular formula is C14H22N4. The Morgan fingerprint density at radius 3 is 2.78 bits per heavy atom. The largest absolute Gasteiger partial charge is 0.369 e. The van der Waals surface area contributed by atoms with Crippen molar-refractivity contribution >= 4 is 17.0 Å². The highest BCUT2D eigenvalue weighted by Gasteiger charge is 2.09. The van der Waals surface area contributed by atoms with Crippen LogP contribution < -0.4 is 5.73 Å². The van der Waals surface area contributed by atoms with Crippen LogP contribution in [0.1, 0.15) is 18.4 Å². The van der Waals surface area contributed by atoms with Gasteiger partial charge in [-0.1, -0.05) is 12.1 Å². The van der Waals surface area contributed by atoms with E-state index in [9.17, 15) is 0 Å². The maximum atomic E-state index is 6.01. The van der Waals surface area contributed by atoms with E-state index in [0.717, 1.165) is 25.0 Å². The Labute approximate surface area is 108 Å². The first-order valence-electron chi connectivity index (χ1n) is 6.45. The van der Waals surface area contributed by atoms with Gasteiger partial charge in [-0.25, -0.2) is 4.98 Å². The molecule has 0 fully saturated rings. The highest BCUT2D eigenvalue weighted by molar-refractivity contribution is 5.81. The van der Waals surface area contributed by atoms with E-state index in [4.69, 9.17) is 5.73 Å². The van der Waals surface area contributed by atoms with Gasteiger partial charge in [0.1, 0.15) is 0 Å². The fourth-order valence-electron chi connectivity index (χ4n) is 2.31. The quantitative estimate of drug-likeness (QED) is 0.823. The van der Waals surface area contributed by atoms with Gasteiger partial charge in [-0.2, -0.15) is 0 Å². The van der Waals surface area contributed by atoms with Gasteiger partial charge in [0.2, 0.25) is 5.95 Å². The van der Waals surface area contributed by atoms with Gasteiger partial charge >= 0.3 is 0 Å². The molecule has 2 rings (SSSR count). The number of aryl methyl sites for hydroxylation is 2. The lowest BCUT2D eigenvalue weighted by atomic mass is 10.2. The zero-order valence-electron chi connectivity index (χ0n) is 11.5. The lowest BCUT2D eigenvalue weighted by Gasteiger charge is -2.11. The van der Waals surface area contributed by atoms with Gasteiger partial charge in [-0.3, -0.25) is 0 Å². The molecule has 0 radical (unpaired) electrons. The second kappa shape index (κ2) is 5.40. The Hall–Kier alpha value is -1.55. The first-order chi connectivity index (χ1) is 8.59. The zero-order chi connectivity index (χ0) is 13.1. The molecule has 4 nitrogen and oxygen atoms in total. The van der Waals surface area contributed by atoms with E-state index in [-0.39, 0.29) is 0 Å². The van der Waals surface area contributed by atoms with Crippen LogP contribution in [-0.4, -0.2) is 35.1 Å². The van der Waals surface area contributed by atoms with Crippen molar-refractivity contribution in [1.82, 2.24) is 14.5 Å². The summed E-state index contributed by atoms with van der Waals surface area (Å²) in [6.45, 7) is 4.17. The minimum absolute atomic E-state index is 0.629. The molecule has 0 unspecified atom stereocenters. The highest BCUT2D eigenvalue weighted by atomic mass is 15.2.